The number of imidazole rings is 1. The second-order valence-corrected chi connectivity index (χ2v) is 6.49. The average molecular weight is 331 g/mol. The van der Waals surface area contributed by atoms with E-state index in [1.54, 1.807) is 12.5 Å². The van der Waals surface area contributed by atoms with Crippen LogP contribution in [0.25, 0.3) is 0 Å². The number of nitrogens with one attached hydrogen (secondary N) is 1. The van der Waals surface area contributed by atoms with E-state index in [4.69, 9.17) is 4.42 Å². The number of nitrogens with zero attached hydrogens (tertiary/aromatic N) is 4. The van der Waals surface area contributed by atoms with Crippen molar-refractivity contribution in [2.75, 3.05) is 19.0 Å². The van der Waals surface area contributed by atoms with Crippen molar-refractivity contribution in [2.24, 2.45) is 7.05 Å². The van der Waals surface area contributed by atoms with Crippen molar-refractivity contribution >= 4 is 12.0 Å². The summed E-state index contributed by atoms with van der Waals surface area (Å²) in [6.07, 6.45) is 5.55. The first-order chi connectivity index (χ1) is 11.5. The summed E-state index contributed by atoms with van der Waals surface area (Å²) >= 11 is 0. The fourth-order valence-corrected chi connectivity index (χ4v) is 2.95. The number of rotatable bonds is 6. The summed E-state index contributed by atoms with van der Waals surface area (Å²) in [5, 5.41) is 3.02. The molecule has 1 N–H and O–H groups in total. The third kappa shape index (κ3) is 3.25. The van der Waals surface area contributed by atoms with Gasteiger partial charge in [0.1, 0.15) is 5.76 Å². The van der Waals surface area contributed by atoms with Crippen LogP contribution >= 0.6 is 0 Å². The molecule has 130 valence electrons. The Morgan fingerprint density at radius 3 is 2.79 bits per heavy atom. The average Bonchev–Trinajstić information content (AvgIpc) is 3.08. The lowest BCUT2D eigenvalue weighted by Crippen LogP contribution is -2.42. The molecular formula is C17H25N5O2. The molecule has 1 atom stereocenters. The second kappa shape index (κ2) is 6.59. The zero-order chi connectivity index (χ0) is 17.3. The molecule has 2 aromatic rings. The first-order valence-corrected chi connectivity index (χ1v) is 8.26. The molecular weight excluding hydrogens is 306 g/mol. The molecule has 0 aliphatic heterocycles. The molecule has 1 unspecified atom stereocenters. The lowest BCUT2D eigenvalue weighted by Gasteiger charge is -2.28. The molecule has 0 spiro atoms. The Kier molecular flexibility index (Phi) is 4.51. The van der Waals surface area contributed by atoms with E-state index in [-0.39, 0.29) is 12.1 Å². The molecule has 7 nitrogen and oxygen atoms in total. The van der Waals surface area contributed by atoms with E-state index >= 15 is 0 Å². The van der Waals surface area contributed by atoms with Crippen LogP contribution in [0.15, 0.2) is 29.0 Å². The number of urea groups is 1. The van der Waals surface area contributed by atoms with E-state index in [1.165, 1.54) is 0 Å². The molecule has 1 saturated carbocycles. The number of furan rings is 1. The Labute approximate surface area is 142 Å². The maximum atomic E-state index is 12.7. The van der Waals surface area contributed by atoms with Crippen LogP contribution in [0.3, 0.4) is 0 Å². The van der Waals surface area contributed by atoms with Gasteiger partial charge in [0.25, 0.3) is 0 Å². The highest BCUT2D eigenvalue weighted by Gasteiger charge is 2.37. The lowest BCUT2D eigenvalue weighted by atomic mass is 10.2. The first kappa shape index (κ1) is 16.4. The lowest BCUT2D eigenvalue weighted by molar-refractivity contribution is 0.165. The van der Waals surface area contributed by atoms with Gasteiger partial charge in [0.2, 0.25) is 5.95 Å². The quantitative estimate of drug-likeness (QED) is 0.883. The molecule has 2 heterocycles. The van der Waals surface area contributed by atoms with E-state index in [0.29, 0.717) is 12.6 Å². The number of aromatic nitrogens is 2. The third-order valence-corrected chi connectivity index (χ3v) is 4.43. The number of anilines is 1. The van der Waals surface area contributed by atoms with Gasteiger partial charge in [0, 0.05) is 27.2 Å². The predicted molar refractivity (Wildman–Crippen MR) is 91.8 cm³/mol. The van der Waals surface area contributed by atoms with Gasteiger partial charge in [-0.05, 0) is 31.9 Å². The minimum Gasteiger partial charge on any atom is -0.467 e. The van der Waals surface area contributed by atoms with Crippen molar-refractivity contribution in [1.82, 2.24) is 19.8 Å². The van der Waals surface area contributed by atoms with E-state index in [2.05, 4.69) is 10.3 Å². The molecule has 2 amide bonds. The highest BCUT2D eigenvalue weighted by atomic mass is 16.3. The second-order valence-electron chi connectivity index (χ2n) is 6.49. The van der Waals surface area contributed by atoms with E-state index in [9.17, 15) is 4.79 Å². The minimum absolute atomic E-state index is 0.0611. The summed E-state index contributed by atoms with van der Waals surface area (Å²) in [7, 11) is 5.85. The van der Waals surface area contributed by atoms with E-state index in [1.807, 2.05) is 54.6 Å². The van der Waals surface area contributed by atoms with E-state index in [0.717, 1.165) is 30.2 Å². The van der Waals surface area contributed by atoms with Crippen LogP contribution in [-0.4, -0.2) is 40.6 Å². The molecule has 0 aromatic carbocycles. The van der Waals surface area contributed by atoms with Crippen LogP contribution in [0, 0.1) is 0 Å². The topological polar surface area (TPSA) is 66.5 Å². The number of carbonyl (C=O) groups excluding carboxylic acids is 1. The molecule has 0 bridgehead atoms. The number of hydrogen-bond acceptors (Lipinski definition) is 4. The summed E-state index contributed by atoms with van der Waals surface area (Å²) in [6, 6.07) is 3.93. The smallest absolute Gasteiger partial charge is 0.318 e. The largest absolute Gasteiger partial charge is 0.467 e. The maximum Gasteiger partial charge on any atom is 0.318 e. The van der Waals surface area contributed by atoms with Crippen molar-refractivity contribution in [2.45, 2.75) is 38.4 Å². The van der Waals surface area contributed by atoms with Crippen LogP contribution < -0.4 is 10.2 Å². The van der Waals surface area contributed by atoms with Crippen molar-refractivity contribution in [3.63, 3.8) is 0 Å². The normalized spacial score (nSPS) is 15.2. The van der Waals surface area contributed by atoms with Crippen LogP contribution in [-0.2, 0) is 13.6 Å². The number of hydrogen-bond donors (Lipinski definition) is 1. The third-order valence-electron chi connectivity index (χ3n) is 4.43. The van der Waals surface area contributed by atoms with Gasteiger partial charge in [-0.15, -0.1) is 0 Å². The summed E-state index contributed by atoms with van der Waals surface area (Å²) < 4.78 is 7.46. The van der Waals surface area contributed by atoms with Gasteiger partial charge in [-0.1, -0.05) is 0 Å². The molecule has 1 aliphatic rings. The van der Waals surface area contributed by atoms with Gasteiger partial charge in [0.15, 0.2) is 0 Å². The Morgan fingerprint density at radius 2 is 2.25 bits per heavy atom. The fraction of sp³-hybridized carbons (Fsp3) is 0.529. The standard InChI is InChI=1S/C17H25N5O2/c1-12(15-6-5-9-24-15)22(13-7-8-13)17(23)19-11-14-10-18-16(20(2)3)21(14)4/h5-6,9-10,12-13H,7-8,11H2,1-4H3,(H,19,23). The summed E-state index contributed by atoms with van der Waals surface area (Å²) in [4.78, 5) is 20.9. The number of amides is 2. The zero-order valence-corrected chi connectivity index (χ0v) is 14.7. The zero-order valence-electron chi connectivity index (χ0n) is 14.7. The van der Waals surface area contributed by atoms with Crippen molar-refractivity contribution in [1.29, 1.82) is 0 Å². The van der Waals surface area contributed by atoms with Gasteiger partial charge in [0.05, 0.1) is 30.7 Å². The highest BCUT2D eigenvalue weighted by molar-refractivity contribution is 5.75. The van der Waals surface area contributed by atoms with Crippen LogP contribution in [0.4, 0.5) is 10.7 Å². The molecule has 1 aliphatic carbocycles. The Hall–Kier alpha value is -2.44. The Morgan fingerprint density at radius 1 is 1.50 bits per heavy atom. The molecule has 0 radical (unpaired) electrons. The maximum absolute atomic E-state index is 12.7. The van der Waals surface area contributed by atoms with E-state index < -0.39 is 0 Å². The molecule has 1 fully saturated rings. The summed E-state index contributed by atoms with van der Waals surface area (Å²) in [5.41, 5.74) is 0.966. The SMILES string of the molecule is CC(c1ccco1)N(C(=O)NCc1cnc(N(C)C)n1C)C1CC1. The molecule has 7 heteroatoms. The van der Waals surface area contributed by atoms with Crippen molar-refractivity contribution in [3.05, 3.63) is 36.0 Å². The molecule has 24 heavy (non-hydrogen) atoms. The van der Waals surface area contributed by atoms with Crippen LogP contribution in [0.5, 0.6) is 0 Å². The van der Waals surface area contributed by atoms with Gasteiger partial charge in [-0.2, -0.15) is 0 Å². The highest BCUT2D eigenvalue weighted by Crippen LogP contribution is 2.34. The summed E-state index contributed by atoms with van der Waals surface area (Å²) in [6.45, 7) is 2.45. The van der Waals surface area contributed by atoms with Crippen molar-refractivity contribution in [3.8, 4) is 0 Å². The Bertz CT molecular complexity index is 688. The molecule has 3 rings (SSSR count). The van der Waals surface area contributed by atoms with Gasteiger partial charge in [-0.3, -0.25) is 0 Å². The van der Waals surface area contributed by atoms with Crippen LogP contribution in [0.1, 0.15) is 37.3 Å². The monoisotopic (exact) mass is 331 g/mol. The molecule has 2 aromatic heterocycles. The number of carbonyl (C=O) groups is 1. The van der Waals surface area contributed by atoms with Crippen LogP contribution in [0.2, 0.25) is 0 Å². The van der Waals surface area contributed by atoms with Gasteiger partial charge >= 0.3 is 6.03 Å². The Balaban J connectivity index is 1.66. The fourth-order valence-electron chi connectivity index (χ4n) is 2.95. The molecule has 0 saturated heterocycles. The van der Waals surface area contributed by atoms with Gasteiger partial charge < -0.3 is 24.1 Å². The van der Waals surface area contributed by atoms with Gasteiger partial charge in [-0.25, -0.2) is 9.78 Å². The minimum atomic E-state index is -0.0728. The summed E-state index contributed by atoms with van der Waals surface area (Å²) in [5.74, 6) is 1.68. The first-order valence-electron chi connectivity index (χ1n) is 8.26. The predicted octanol–water partition coefficient (Wildman–Crippen LogP) is 2.51. The van der Waals surface area contributed by atoms with Crippen molar-refractivity contribution < 1.29 is 9.21 Å².